The SMILES string of the molecule is CCC(O)(/C=C/c1ccc(C(CC)(CC)c2ccc(C)c(C)c2)cc1C)CC.CCc1ccc(-c2ccc(C(CC)(CC)c3ccc(/C=C/C(O)(CC)CC)c(C)c3)cc2C)cc1.O=C=O. The number of carbonyl (C=O) groups excluding carboxylic acids is 2. The van der Waals surface area contributed by atoms with Gasteiger partial charge in [-0.2, -0.15) is 9.59 Å². The molecule has 0 bridgehead atoms. The Balaban J connectivity index is 0.000000338. The molecule has 0 fully saturated rings. The second kappa shape index (κ2) is 25.1. The van der Waals surface area contributed by atoms with E-state index < -0.39 is 11.2 Å². The van der Waals surface area contributed by atoms with Gasteiger partial charge in [0.1, 0.15) is 0 Å². The lowest BCUT2D eigenvalue weighted by Gasteiger charge is -2.34. The van der Waals surface area contributed by atoms with E-state index in [0.29, 0.717) is 0 Å². The third-order valence-electron chi connectivity index (χ3n) is 15.2. The lowest BCUT2D eigenvalue weighted by molar-refractivity contribution is -0.191. The minimum Gasteiger partial charge on any atom is -0.386 e. The quantitative estimate of drug-likeness (QED) is 0.0919. The Hall–Kier alpha value is -5.12. The maximum Gasteiger partial charge on any atom is 0.373 e. The van der Waals surface area contributed by atoms with E-state index in [-0.39, 0.29) is 17.0 Å². The summed E-state index contributed by atoms with van der Waals surface area (Å²) >= 11 is 0. The molecule has 4 heteroatoms. The molecule has 0 unspecified atom stereocenters. The van der Waals surface area contributed by atoms with Crippen LogP contribution in [0.25, 0.3) is 23.3 Å². The first kappa shape index (κ1) is 55.2. The molecule has 5 aromatic rings. The van der Waals surface area contributed by atoms with Crippen molar-refractivity contribution in [2.45, 2.75) is 177 Å². The highest BCUT2D eigenvalue weighted by Gasteiger charge is 2.33. The van der Waals surface area contributed by atoms with Crippen molar-refractivity contribution in [1.82, 2.24) is 0 Å². The van der Waals surface area contributed by atoms with Crippen molar-refractivity contribution in [2.24, 2.45) is 0 Å². The van der Waals surface area contributed by atoms with E-state index in [1.165, 1.54) is 77.9 Å². The molecule has 0 heterocycles. The largest absolute Gasteiger partial charge is 0.386 e. The highest BCUT2D eigenvalue weighted by atomic mass is 16.3. The second-order valence-corrected chi connectivity index (χ2v) is 18.5. The van der Waals surface area contributed by atoms with Crippen LogP contribution < -0.4 is 0 Å². The highest BCUT2D eigenvalue weighted by Crippen LogP contribution is 2.42. The van der Waals surface area contributed by atoms with Gasteiger partial charge in [-0.05, 0) is 170 Å². The summed E-state index contributed by atoms with van der Waals surface area (Å²) in [6.45, 7) is 30.5. The molecule has 354 valence electrons. The minimum atomic E-state index is -0.724. The molecule has 0 aromatic heterocycles. The standard InChI is InChI=1S/C34H44O.C27H38O.CO2/c1-8-27-13-15-29(16-14-27)32-20-19-31(24-26(32)7)34(11-4,12-5)30-18-17-28(25(6)23-30)21-22-33(35,9-2)10-3;1-8-26(28,9-2)17-16-23-13-15-25(19-22(23)7)27(10-3,11-4)24-14-12-20(5)21(6)18-24;2-1-3/h13-24,35H,8-12H2,1-7H3;12-19,28H,8-11H2,1-7H3;/b22-21+;17-16+;. The summed E-state index contributed by atoms with van der Waals surface area (Å²) in [5.41, 5.74) is 17.0. The van der Waals surface area contributed by atoms with E-state index in [4.69, 9.17) is 9.59 Å². The number of rotatable bonds is 18. The molecule has 0 spiro atoms. The van der Waals surface area contributed by atoms with E-state index in [1.807, 2.05) is 39.8 Å². The van der Waals surface area contributed by atoms with E-state index >= 15 is 0 Å². The zero-order valence-electron chi connectivity index (χ0n) is 43.1. The van der Waals surface area contributed by atoms with Gasteiger partial charge in [0.25, 0.3) is 0 Å². The molecule has 0 atom stereocenters. The first-order valence-electron chi connectivity index (χ1n) is 24.7. The van der Waals surface area contributed by atoms with Gasteiger partial charge in [0, 0.05) is 10.8 Å². The van der Waals surface area contributed by atoms with E-state index in [9.17, 15) is 10.2 Å². The van der Waals surface area contributed by atoms with Crippen molar-refractivity contribution in [3.63, 3.8) is 0 Å². The number of benzene rings is 5. The predicted octanol–water partition coefficient (Wildman–Crippen LogP) is 15.9. The van der Waals surface area contributed by atoms with Gasteiger partial charge in [0.05, 0.1) is 11.2 Å². The van der Waals surface area contributed by atoms with Crippen molar-refractivity contribution in [1.29, 1.82) is 0 Å². The molecule has 66 heavy (non-hydrogen) atoms. The first-order valence-corrected chi connectivity index (χ1v) is 24.7. The van der Waals surface area contributed by atoms with Gasteiger partial charge in [-0.25, -0.2) is 0 Å². The highest BCUT2D eigenvalue weighted by molar-refractivity contribution is 5.69. The molecule has 0 aliphatic carbocycles. The van der Waals surface area contributed by atoms with Gasteiger partial charge in [-0.15, -0.1) is 0 Å². The maximum absolute atomic E-state index is 10.7. The van der Waals surface area contributed by atoms with Crippen LogP contribution in [0.4, 0.5) is 0 Å². The van der Waals surface area contributed by atoms with Gasteiger partial charge in [-0.3, -0.25) is 0 Å². The van der Waals surface area contributed by atoms with Gasteiger partial charge < -0.3 is 10.2 Å². The molecule has 2 N–H and O–H groups in total. The third-order valence-corrected chi connectivity index (χ3v) is 15.2. The second-order valence-electron chi connectivity index (χ2n) is 18.5. The maximum atomic E-state index is 10.7. The van der Waals surface area contributed by atoms with Gasteiger partial charge in [0.2, 0.25) is 0 Å². The fourth-order valence-electron chi connectivity index (χ4n) is 9.49. The molecular formula is C62H82O4. The summed E-state index contributed by atoms with van der Waals surface area (Å²) in [6, 6.07) is 36.7. The number of aliphatic hydroxyl groups is 2. The van der Waals surface area contributed by atoms with Crippen LogP contribution in [0.5, 0.6) is 0 Å². The van der Waals surface area contributed by atoms with E-state index in [1.54, 1.807) is 0 Å². The monoisotopic (exact) mass is 891 g/mol. The van der Waals surface area contributed by atoms with Crippen molar-refractivity contribution in [3.05, 3.63) is 176 Å². The predicted molar refractivity (Wildman–Crippen MR) is 281 cm³/mol. The molecular weight excluding hydrogens is 809 g/mol. The molecule has 0 radical (unpaired) electrons. The zero-order valence-corrected chi connectivity index (χ0v) is 43.1. The summed E-state index contributed by atoms with van der Waals surface area (Å²) in [7, 11) is 0. The van der Waals surface area contributed by atoms with Crippen molar-refractivity contribution >= 4 is 18.3 Å². The summed E-state index contributed by atoms with van der Waals surface area (Å²) in [4.78, 5) is 16.2. The summed E-state index contributed by atoms with van der Waals surface area (Å²) in [6.07, 6.45) is 16.6. The van der Waals surface area contributed by atoms with Gasteiger partial charge in [0.15, 0.2) is 0 Å². The fraction of sp³-hybridized carbons (Fsp3) is 0.435. The molecule has 4 nitrogen and oxygen atoms in total. The Labute approximate surface area is 400 Å². The van der Waals surface area contributed by atoms with Crippen LogP contribution >= 0.6 is 0 Å². The smallest absolute Gasteiger partial charge is 0.373 e. The lowest BCUT2D eigenvalue weighted by Crippen LogP contribution is -2.26. The summed E-state index contributed by atoms with van der Waals surface area (Å²) in [5.74, 6) is 0. The topological polar surface area (TPSA) is 74.6 Å². The zero-order chi connectivity index (χ0) is 49.3. The molecule has 0 amide bonds. The molecule has 0 saturated heterocycles. The Bertz CT molecular complexity index is 2390. The Morgan fingerprint density at radius 3 is 1.09 bits per heavy atom. The Morgan fingerprint density at radius 1 is 0.424 bits per heavy atom. The summed E-state index contributed by atoms with van der Waals surface area (Å²) in [5, 5.41) is 21.2. The normalized spacial score (nSPS) is 12.1. The van der Waals surface area contributed by atoms with Crippen LogP contribution in [0, 0.1) is 34.6 Å². The Morgan fingerprint density at radius 2 is 0.773 bits per heavy atom. The number of hydrogen-bond acceptors (Lipinski definition) is 4. The first-order chi connectivity index (χ1) is 31.4. The molecule has 5 aromatic carbocycles. The Kier molecular flexibility index (Phi) is 21.0. The van der Waals surface area contributed by atoms with Gasteiger partial charge >= 0.3 is 6.15 Å². The molecule has 5 rings (SSSR count). The average molecular weight is 891 g/mol. The molecule has 0 aliphatic rings. The van der Waals surface area contributed by atoms with Gasteiger partial charge in [-0.1, -0.05) is 184 Å². The van der Waals surface area contributed by atoms with Crippen LogP contribution in [-0.4, -0.2) is 27.6 Å². The molecule has 0 saturated carbocycles. The van der Waals surface area contributed by atoms with Crippen LogP contribution in [0.15, 0.2) is 109 Å². The number of aryl methyl sites for hydroxylation is 6. The van der Waals surface area contributed by atoms with E-state index in [0.717, 1.165) is 57.8 Å². The fourth-order valence-corrected chi connectivity index (χ4v) is 9.49. The van der Waals surface area contributed by atoms with Crippen LogP contribution in [0.2, 0.25) is 0 Å². The van der Waals surface area contributed by atoms with Crippen LogP contribution in [0.3, 0.4) is 0 Å². The van der Waals surface area contributed by atoms with E-state index in [2.05, 4.69) is 178 Å². The number of hydrogen-bond donors (Lipinski definition) is 2. The van der Waals surface area contributed by atoms with Crippen molar-refractivity contribution in [3.8, 4) is 11.1 Å². The minimum absolute atomic E-state index is 0.0179. The molecule has 0 aliphatic heterocycles. The van der Waals surface area contributed by atoms with Crippen LogP contribution in [-0.2, 0) is 26.8 Å². The lowest BCUT2D eigenvalue weighted by atomic mass is 9.69. The summed E-state index contributed by atoms with van der Waals surface area (Å²) < 4.78 is 0. The third kappa shape index (κ3) is 13.1. The average Bonchev–Trinajstić information content (AvgIpc) is 3.33. The van der Waals surface area contributed by atoms with Crippen molar-refractivity contribution in [2.75, 3.05) is 0 Å². The van der Waals surface area contributed by atoms with Crippen molar-refractivity contribution < 1.29 is 19.8 Å². The van der Waals surface area contributed by atoms with Crippen LogP contribution in [0.1, 0.15) is 180 Å².